The Kier molecular flexibility index (Phi) is 1.87. The molecule has 4 atom stereocenters. The molecule has 0 spiro atoms. The molecule has 4 unspecified atom stereocenters. The number of nitrogens with two attached hydrogens (primary N) is 1. The van der Waals surface area contributed by atoms with Crippen molar-refractivity contribution in [3.05, 3.63) is 0 Å². The molecule has 2 rings (SSSR count). The quantitative estimate of drug-likeness (QED) is 0.461. The Morgan fingerprint density at radius 1 is 1.27 bits per heavy atom. The lowest BCUT2D eigenvalue weighted by Gasteiger charge is -2.29. The van der Waals surface area contributed by atoms with Crippen molar-refractivity contribution in [1.82, 2.24) is 10.9 Å². The summed E-state index contributed by atoms with van der Waals surface area (Å²) in [5.74, 6) is 0.763. The molecule has 1 heterocycles. The summed E-state index contributed by atoms with van der Waals surface area (Å²) in [4.78, 5) is 0. The van der Waals surface area contributed by atoms with E-state index < -0.39 is 0 Å². The number of hydrogen-bond donors (Lipinski definition) is 3. The van der Waals surface area contributed by atoms with E-state index in [1.54, 1.807) is 0 Å². The zero-order valence-corrected chi connectivity index (χ0v) is 7.01. The van der Waals surface area contributed by atoms with Crippen LogP contribution in [0.5, 0.6) is 0 Å². The molecule has 0 radical (unpaired) electrons. The maximum atomic E-state index is 5.90. The van der Waals surface area contributed by atoms with Gasteiger partial charge in [-0.3, -0.25) is 10.9 Å². The first kappa shape index (κ1) is 7.53. The average Bonchev–Trinajstić information content (AvgIpc) is 2.33. The van der Waals surface area contributed by atoms with Crippen LogP contribution in [0.2, 0.25) is 0 Å². The predicted molar refractivity (Wildman–Crippen MR) is 44.8 cm³/mol. The van der Waals surface area contributed by atoms with Crippen molar-refractivity contribution in [2.75, 3.05) is 0 Å². The summed E-state index contributed by atoms with van der Waals surface area (Å²) >= 11 is 0. The van der Waals surface area contributed by atoms with Crippen LogP contribution in [0.3, 0.4) is 0 Å². The van der Waals surface area contributed by atoms with Gasteiger partial charge < -0.3 is 5.73 Å². The second kappa shape index (κ2) is 2.73. The number of rotatable bonds is 0. The molecule has 1 aliphatic heterocycles. The summed E-state index contributed by atoms with van der Waals surface area (Å²) in [6, 6.07) is 1.73. The first-order valence-corrected chi connectivity index (χ1v) is 4.54. The van der Waals surface area contributed by atoms with Crippen LogP contribution in [0.1, 0.15) is 26.2 Å². The van der Waals surface area contributed by atoms with Gasteiger partial charge in [0.25, 0.3) is 0 Å². The lowest BCUT2D eigenvalue weighted by molar-refractivity contribution is 0.283. The molecule has 1 saturated carbocycles. The van der Waals surface area contributed by atoms with Gasteiger partial charge in [-0.1, -0.05) is 0 Å². The lowest BCUT2D eigenvalue weighted by atomic mass is 9.80. The van der Waals surface area contributed by atoms with Gasteiger partial charge in [-0.05, 0) is 32.1 Å². The number of fused-ring (bicyclic) bond motifs is 1. The Morgan fingerprint density at radius 2 is 2.09 bits per heavy atom. The molecule has 0 aromatic heterocycles. The van der Waals surface area contributed by atoms with E-state index in [0.717, 1.165) is 5.92 Å². The van der Waals surface area contributed by atoms with Gasteiger partial charge in [0.2, 0.25) is 0 Å². The van der Waals surface area contributed by atoms with E-state index in [2.05, 4.69) is 17.8 Å². The number of hydrogen-bond acceptors (Lipinski definition) is 3. The normalized spacial score (nSPS) is 50.7. The second-order valence-corrected chi connectivity index (χ2v) is 3.92. The molecule has 4 N–H and O–H groups in total. The number of hydrazine groups is 1. The van der Waals surface area contributed by atoms with Crippen LogP contribution < -0.4 is 16.6 Å². The molecule has 0 amide bonds. The molecule has 2 fully saturated rings. The molecule has 0 bridgehead atoms. The van der Waals surface area contributed by atoms with Crippen molar-refractivity contribution < 1.29 is 0 Å². The average molecular weight is 155 g/mol. The smallest absolute Gasteiger partial charge is 0.0257 e. The molecule has 11 heavy (non-hydrogen) atoms. The third-order valence-electron chi connectivity index (χ3n) is 3.08. The Hall–Kier alpha value is -0.120. The maximum Gasteiger partial charge on any atom is 0.0257 e. The highest BCUT2D eigenvalue weighted by molar-refractivity contribution is 4.94. The monoisotopic (exact) mass is 155 g/mol. The van der Waals surface area contributed by atoms with Crippen LogP contribution in [-0.2, 0) is 0 Å². The van der Waals surface area contributed by atoms with E-state index in [1.807, 2.05) is 0 Å². The highest BCUT2D eigenvalue weighted by Gasteiger charge is 2.36. The summed E-state index contributed by atoms with van der Waals surface area (Å²) in [5, 5.41) is 0. The molecule has 0 aromatic carbocycles. The van der Waals surface area contributed by atoms with E-state index >= 15 is 0 Å². The summed E-state index contributed by atoms with van der Waals surface area (Å²) < 4.78 is 0. The van der Waals surface area contributed by atoms with Crippen LogP contribution >= 0.6 is 0 Å². The van der Waals surface area contributed by atoms with E-state index in [4.69, 9.17) is 5.73 Å². The van der Waals surface area contributed by atoms with Crippen LogP contribution in [0.4, 0.5) is 0 Å². The SMILES string of the molecule is CC1NNC2CCC(N)CC12. The van der Waals surface area contributed by atoms with Crippen molar-refractivity contribution in [1.29, 1.82) is 0 Å². The molecule has 2 aliphatic rings. The summed E-state index contributed by atoms with van der Waals surface area (Å²) in [7, 11) is 0. The van der Waals surface area contributed by atoms with Crippen molar-refractivity contribution >= 4 is 0 Å². The van der Waals surface area contributed by atoms with Crippen molar-refractivity contribution in [2.45, 2.75) is 44.3 Å². The standard InChI is InChI=1S/C8H17N3/c1-5-7-4-6(9)2-3-8(7)11-10-5/h5-8,10-11H,2-4,9H2,1H3. The Morgan fingerprint density at radius 3 is 2.91 bits per heavy atom. The Bertz CT molecular complexity index is 148. The van der Waals surface area contributed by atoms with Gasteiger partial charge in [0, 0.05) is 18.1 Å². The van der Waals surface area contributed by atoms with E-state index in [-0.39, 0.29) is 0 Å². The molecule has 3 heteroatoms. The van der Waals surface area contributed by atoms with Crippen molar-refractivity contribution in [3.63, 3.8) is 0 Å². The predicted octanol–water partition coefficient (Wildman–Crippen LogP) is -0.0213. The van der Waals surface area contributed by atoms with Crippen LogP contribution in [-0.4, -0.2) is 18.1 Å². The fraction of sp³-hybridized carbons (Fsp3) is 1.00. The fourth-order valence-corrected chi connectivity index (χ4v) is 2.32. The summed E-state index contributed by atoms with van der Waals surface area (Å²) in [6.07, 6.45) is 3.61. The highest BCUT2D eigenvalue weighted by Crippen LogP contribution is 2.28. The van der Waals surface area contributed by atoms with Gasteiger partial charge >= 0.3 is 0 Å². The van der Waals surface area contributed by atoms with Gasteiger partial charge in [-0.2, -0.15) is 0 Å². The first-order chi connectivity index (χ1) is 5.27. The van der Waals surface area contributed by atoms with Crippen molar-refractivity contribution in [3.8, 4) is 0 Å². The van der Waals surface area contributed by atoms with E-state index in [1.165, 1.54) is 19.3 Å². The van der Waals surface area contributed by atoms with Gasteiger partial charge in [0.15, 0.2) is 0 Å². The second-order valence-electron chi connectivity index (χ2n) is 3.92. The molecular weight excluding hydrogens is 138 g/mol. The van der Waals surface area contributed by atoms with Gasteiger partial charge in [-0.25, -0.2) is 0 Å². The van der Waals surface area contributed by atoms with Gasteiger partial charge in [0.1, 0.15) is 0 Å². The topological polar surface area (TPSA) is 50.1 Å². The highest BCUT2D eigenvalue weighted by atomic mass is 15.4. The first-order valence-electron chi connectivity index (χ1n) is 4.54. The fourth-order valence-electron chi connectivity index (χ4n) is 2.32. The molecule has 0 aromatic rings. The molecular formula is C8H17N3. The third kappa shape index (κ3) is 1.28. The summed E-state index contributed by atoms with van der Waals surface area (Å²) in [6.45, 7) is 2.23. The minimum absolute atomic E-state index is 0.445. The largest absolute Gasteiger partial charge is 0.328 e. The zero-order chi connectivity index (χ0) is 7.84. The molecule has 1 saturated heterocycles. The molecule has 3 nitrogen and oxygen atoms in total. The molecule has 1 aliphatic carbocycles. The van der Waals surface area contributed by atoms with Crippen LogP contribution in [0, 0.1) is 5.92 Å². The third-order valence-corrected chi connectivity index (χ3v) is 3.08. The number of nitrogens with one attached hydrogen (secondary N) is 2. The summed E-state index contributed by atoms with van der Waals surface area (Å²) in [5.41, 5.74) is 12.5. The van der Waals surface area contributed by atoms with Crippen molar-refractivity contribution in [2.24, 2.45) is 11.7 Å². The van der Waals surface area contributed by atoms with E-state index in [0.29, 0.717) is 18.1 Å². The Balaban J connectivity index is 2.01. The van der Waals surface area contributed by atoms with Gasteiger partial charge in [0.05, 0.1) is 0 Å². The van der Waals surface area contributed by atoms with Crippen LogP contribution in [0.25, 0.3) is 0 Å². The van der Waals surface area contributed by atoms with Gasteiger partial charge in [-0.15, -0.1) is 0 Å². The lowest BCUT2D eigenvalue weighted by Crippen LogP contribution is -2.39. The zero-order valence-electron chi connectivity index (χ0n) is 7.01. The van der Waals surface area contributed by atoms with E-state index in [9.17, 15) is 0 Å². The maximum absolute atomic E-state index is 5.90. The van der Waals surface area contributed by atoms with Crippen LogP contribution in [0.15, 0.2) is 0 Å². The minimum atomic E-state index is 0.445. The molecule has 64 valence electrons. The minimum Gasteiger partial charge on any atom is -0.328 e. The Labute approximate surface area is 67.7 Å².